The van der Waals surface area contributed by atoms with Gasteiger partial charge in [-0.2, -0.15) is 0 Å². The number of aryl methyl sites for hydroxylation is 1. The lowest BCUT2D eigenvalue weighted by molar-refractivity contribution is 0.471. The Morgan fingerprint density at radius 3 is 2.58 bits per heavy atom. The van der Waals surface area contributed by atoms with Gasteiger partial charge in [-0.05, 0) is 55.3 Å². The monoisotopic (exact) mass is 279 g/mol. The lowest BCUT2D eigenvalue weighted by Gasteiger charge is -2.16. The Morgan fingerprint density at radius 2 is 1.95 bits per heavy atom. The third-order valence-corrected chi connectivity index (χ3v) is 3.33. The highest BCUT2D eigenvalue weighted by Gasteiger charge is 2.09. The van der Waals surface area contributed by atoms with Crippen molar-refractivity contribution in [3.63, 3.8) is 0 Å². The molecule has 0 amide bonds. The number of phenolic OH excluding ortho intramolecular Hbond substituents is 1. The molecule has 0 saturated carbocycles. The summed E-state index contributed by atoms with van der Waals surface area (Å²) in [5.74, 6) is -0.162. The molecule has 100 valence electrons. The molecule has 0 radical (unpaired) electrons. The molecule has 0 aliphatic carbocycles. The summed E-state index contributed by atoms with van der Waals surface area (Å²) in [5, 5.41) is 12.8. The summed E-state index contributed by atoms with van der Waals surface area (Å²) in [6.07, 6.45) is 0. The predicted octanol–water partition coefficient (Wildman–Crippen LogP) is 4.67. The van der Waals surface area contributed by atoms with E-state index >= 15 is 0 Å². The van der Waals surface area contributed by atoms with Crippen LogP contribution in [0.1, 0.15) is 24.1 Å². The van der Waals surface area contributed by atoms with Crippen LogP contribution in [0.25, 0.3) is 0 Å². The lowest BCUT2D eigenvalue weighted by Crippen LogP contribution is -2.07. The van der Waals surface area contributed by atoms with Gasteiger partial charge in [-0.15, -0.1) is 0 Å². The van der Waals surface area contributed by atoms with E-state index in [0.29, 0.717) is 0 Å². The minimum Gasteiger partial charge on any atom is -0.508 e. The van der Waals surface area contributed by atoms with Gasteiger partial charge in [0.05, 0.1) is 5.02 Å². The molecule has 4 heteroatoms. The van der Waals surface area contributed by atoms with Crippen LogP contribution in [0.4, 0.5) is 10.1 Å². The van der Waals surface area contributed by atoms with Crippen molar-refractivity contribution in [3.8, 4) is 5.75 Å². The zero-order valence-electron chi connectivity index (χ0n) is 10.7. The average Bonchev–Trinajstić information content (AvgIpc) is 2.37. The Morgan fingerprint density at radius 1 is 1.21 bits per heavy atom. The molecular weight excluding hydrogens is 265 g/mol. The summed E-state index contributed by atoms with van der Waals surface area (Å²) in [7, 11) is 0. The van der Waals surface area contributed by atoms with Gasteiger partial charge in [0.25, 0.3) is 0 Å². The fourth-order valence-electron chi connectivity index (χ4n) is 1.86. The zero-order chi connectivity index (χ0) is 14.0. The van der Waals surface area contributed by atoms with Gasteiger partial charge in [-0.3, -0.25) is 0 Å². The summed E-state index contributed by atoms with van der Waals surface area (Å²) in [4.78, 5) is 0. The molecule has 2 N–H and O–H groups in total. The van der Waals surface area contributed by atoms with Gasteiger partial charge in [0.2, 0.25) is 0 Å². The third kappa shape index (κ3) is 3.18. The number of benzene rings is 2. The number of hydrogen-bond donors (Lipinski definition) is 2. The summed E-state index contributed by atoms with van der Waals surface area (Å²) in [6.45, 7) is 3.76. The van der Waals surface area contributed by atoms with Crippen molar-refractivity contribution in [1.82, 2.24) is 0 Å². The van der Waals surface area contributed by atoms with E-state index in [2.05, 4.69) is 5.32 Å². The van der Waals surface area contributed by atoms with E-state index < -0.39 is 5.82 Å². The molecular formula is C15H15ClFNO. The van der Waals surface area contributed by atoms with E-state index in [-0.39, 0.29) is 16.8 Å². The Hall–Kier alpha value is -1.74. The smallest absolute Gasteiger partial charge is 0.142 e. The van der Waals surface area contributed by atoms with Gasteiger partial charge in [0.15, 0.2) is 0 Å². The van der Waals surface area contributed by atoms with Crippen LogP contribution in [0.15, 0.2) is 36.4 Å². The molecule has 2 aromatic carbocycles. The largest absolute Gasteiger partial charge is 0.508 e. The Labute approximate surface area is 116 Å². The molecule has 1 atom stereocenters. The highest BCUT2D eigenvalue weighted by atomic mass is 35.5. The fraction of sp³-hybridized carbons (Fsp3) is 0.200. The van der Waals surface area contributed by atoms with Crippen LogP contribution in [0.5, 0.6) is 5.75 Å². The average molecular weight is 280 g/mol. The van der Waals surface area contributed by atoms with Crippen molar-refractivity contribution in [2.75, 3.05) is 5.32 Å². The van der Waals surface area contributed by atoms with Gasteiger partial charge in [-0.25, -0.2) is 4.39 Å². The van der Waals surface area contributed by atoms with E-state index in [0.717, 1.165) is 16.8 Å². The van der Waals surface area contributed by atoms with E-state index in [9.17, 15) is 9.50 Å². The van der Waals surface area contributed by atoms with E-state index in [4.69, 9.17) is 11.6 Å². The second kappa shape index (κ2) is 5.49. The summed E-state index contributed by atoms with van der Waals surface area (Å²) in [5.41, 5.74) is 2.48. The Balaban J connectivity index is 2.17. The number of nitrogens with one attached hydrogen (secondary N) is 1. The van der Waals surface area contributed by atoms with Crippen LogP contribution in [0, 0.1) is 12.7 Å². The number of phenols is 1. The summed E-state index contributed by atoms with van der Waals surface area (Å²) < 4.78 is 13.4. The minimum atomic E-state index is -0.422. The van der Waals surface area contributed by atoms with Gasteiger partial charge >= 0.3 is 0 Å². The second-order valence-electron chi connectivity index (χ2n) is 4.54. The number of anilines is 1. The van der Waals surface area contributed by atoms with Gasteiger partial charge in [0.1, 0.15) is 11.6 Å². The molecule has 0 aromatic heterocycles. The van der Waals surface area contributed by atoms with Gasteiger partial charge in [-0.1, -0.05) is 17.7 Å². The quantitative estimate of drug-likeness (QED) is 0.801. The van der Waals surface area contributed by atoms with Crippen LogP contribution < -0.4 is 5.32 Å². The predicted molar refractivity (Wildman–Crippen MR) is 76.3 cm³/mol. The van der Waals surface area contributed by atoms with E-state index in [1.807, 2.05) is 19.9 Å². The molecule has 0 spiro atoms. The number of aromatic hydroxyl groups is 1. The number of rotatable bonds is 3. The molecule has 0 heterocycles. The van der Waals surface area contributed by atoms with Crippen molar-refractivity contribution in [2.45, 2.75) is 19.9 Å². The van der Waals surface area contributed by atoms with Crippen LogP contribution in [0.3, 0.4) is 0 Å². The third-order valence-electron chi connectivity index (χ3n) is 3.02. The van der Waals surface area contributed by atoms with Crippen molar-refractivity contribution < 1.29 is 9.50 Å². The zero-order valence-corrected chi connectivity index (χ0v) is 11.5. The van der Waals surface area contributed by atoms with Gasteiger partial charge in [0, 0.05) is 11.7 Å². The second-order valence-corrected chi connectivity index (χ2v) is 4.95. The van der Waals surface area contributed by atoms with Crippen molar-refractivity contribution in [3.05, 3.63) is 58.4 Å². The fourth-order valence-corrected chi connectivity index (χ4v) is 1.98. The van der Waals surface area contributed by atoms with E-state index in [1.165, 1.54) is 6.07 Å². The van der Waals surface area contributed by atoms with Crippen molar-refractivity contribution >= 4 is 17.3 Å². The standard InChI is InChI=1S/C15H15ClFNO/c1-9-7-12(4-6-15(9)19)18-10(2)11-3-5-13(16)14(17)8-11/h3-8,10,18-19H,1-2H3. The van der Waals surface area contributed by atoms with Crippen molar-refractivity contribution in [2.24, 2.45) is 0 Å². The number of hydrogen-bond acceptors (Lipinski definition) is 2. The van der Waals surface area contributed by atoms with Crippen LogP contribution >= 0.6 is 11.6 Å². The summed E-state index contributed by atoms with van der Waals surface area (Å²) >= 11 is 5.66. The molecule has 19 heavy (non-hydrogen) atoms. The van der Waals surface area contributed by atoms with Crippen LogP contribution in [-0.4, -0.2) is 5.11 Å². The first-order valence-electron chi connectivity index (χ1n) is 5.98. The molecule has 2 nitrogen and oxygen atoms in total. The van der Waals surface area contributed by atoms with E-state index in [1.54, 1.807) is 24.3 Å². The maximum Gasteiger partial charge on any atom is 0.142 e. The topological polar surface area (TPSA) is 32.3 Å². The molecule has 0 aliphatic rings. The Kier molecular flexibility index (Phi) is 3.96. The maximum atomic E-state index is 13.4. The SMILES string of the molecule is Cc1cc(NC(C)c2ccc(Cl)c(F)c2)ccc1O. The molecule has 2 aromatic rings. The first-order chi connectivity index (χ1) is 8.97. The molecule has 0 aliphatic heterocycles. The first kappa shape index (κ1) is 13.7. The van der Waals surface area contributed by atoms with Crippen molar-refractivity contribution in [1.29, 1.82) is 0 Å². The molecule has 0 saturated heterocycles. The normalized spacial score (nSPS) is 12.2. The van der Waals surface area contributed by atoms with Crippen LogP contribution in [0.2, 0.25) is 5.02 Å². The number of halogens is 2. The molecule has 1 unspecified atom stereocenters. The molecule has 0 bridgehead atoms. The molecule has 0 fully saturated rings. The minimum absolute atomic E-state index is 0.0595. The summed E-state index contributed by atoms with van der Waals surface area (Å²) in [6, 6.07) is 9.96. The highest BCUT2D eigenvalue weighted by molar-refractivity contribution is 6.30. The maximum absolute atomic E-state index is 13.4. The Bertz CT molecular complexity index is 601. The van der Waals surface area contributed by atoms with Crippen LogP contribution in [-0.2, 0) is 0 Å². The lowest BCUT2D eigenvalue weighted by atomic mass is 10.1. The first-order valence-corrected chi connectivity index (χ1v) is 6.36. The highest BCUT2D eigenvalue weighted by Crippen LogP contribution is 2.25. The molecule has 2 rings (SSSR count). The van der Waals surface area contributed by atoms with Gasteiger partial charge < -0.3 is 10.4 Å².